The van der Waals surface area contributed by atoms with Gasteiger partial charge in [-0.25, -0.2) is 4.68 Å². The monoisotopic (exact) mass is 271 g/mol. The van der Waals surface area contributed by atoms with Crippen LogP contribution >= 0.6 is 11.3 Å². The summed E-state index contributed by atoms with van der Waals surface area (Å²) in [5, 5.41) is 6.50. The summed E-state index contributed by atoms with van der Waals surface area (Å²) in [5.74, 6) is 1.46. The SMILES string of the molecule is COc1csc(-c2cc(N)n(-c3ccccc3)n2)c1. The number of nitrogen functional groups attached to an aromatic ring is 1. The van der Waals surface area contributed by atoms with E-state index in [9.17, 15) is 0 Å². The predicted molar refractivity (Wildman–Crippen MR) is 77.8 cm³/mol. The van der Waals surface area contributed by atoms with Gasteiger partial charge in [0.15, 0.2) is 0 Å². The molecule has 0 atom stereocenters. The van der Waals surface area contributed by atoms with E-state index in [2.05, 4.69) is 5.10 Å². The summed E-state index contributed by atoms with van der Waals surface area (Å²) < 4.78 is 6.92. The molecule has 0 radical (unpaired) electrons. The van der Waals surface area contributed by atoms with Crippen molar-refractivity contribution in [2.24, 2.45) is 0 Å². The molecule has 0 amide bonds. The Bertz CT molecular complexity index is 688. The van der Waals surface area contributed by atoms with E-state index in [1.165, 1.54) is 0 Å². The van der Waals surface area contributed by atoms with E-state index in [1.807, 2.05) is 47.8 Å². The van der Waals surface area contributed by atoms with Crippen molar-refractivity contribution in [3.05, 3.63) is 47.8 Å². The number of para-hydroxylation sites is 1. The van der Waals surface area contributed by atoms with Crippen LogP contribution < -0.4 is 10.5 Å². The molecule has 0 aliphatic heterocycles. The number of anilines is 1. The first-order valence-corrected chi connectivity index (χ1v) is 6.70. The zero-order valence-corrected chi connectivity index (χ0v) is 11.2. The van der Waals surface area contributed by atoms with Gasteiger partial charge in [0, 0.05) is 17.5 Å². The fraction of sp³-hybridized carbons (Fsp3) is 0.0714. The maximum atomic E-state index is 6.02. The van der Waals surface area contributed by atoms with Gasteiger partial charge in [-0.2, -0.15) is 5.10 Å². The molecule has 0 saturated carbocycles. The smallest absolute Gasteiger partial charge is 0.130 e. The first kappa shape index (κ1) is 11.8. The molecule has 3 aromatic rings. The van der Waals surface area contributed by atoms with E-state index in [0.29, 0.717) is 5.82 Å². The topological polar surface area (TPSA) is 53.1 Å². The Labute approximate surface area is 115 Å². The van der Waals surface area contributed by atoms with Crippen molar-refractivity contribution in [3.63, 3.8) is 0 Å². The Hall–Kier alpha value is -2.27. The Morgan fingerprint density at radius 3 is 2.68 bits per heavy atom. The molecule has 0 spiro atoms. The lowest BCUT2D eigenvalue weighted by Gasteiger charge is -2.02. The molecule has 0 bridgehead atoms. The zero-order valence-electron chi connectivity index (χ0n) is 10.4. The highest BCUT2D eigenvalue weighted by atomic mass is 32.1. The van der Waals surface area contributed by atoms with E-state index in [0.717, 1.165) is 22.0 Å². The molecule has 1 aromatic carbocycles. The minimum Gasteiger partial charge on any atom is -0.496 e. The van der Waals surface area contributed by atoms with E-state index < -0.39 is 0 Å². The van der Waals surface area contributed by atoms with Crippen LogP contribution in [0.1, 0.15) is 0 Å². The minimum atomic E-state index is 0.619. The fourth-order valence-electron chi connectivity index (χ4n) is 1.85. The third kappa shape index (κ3) is 2.20. The number of rotatable bonds is 3. The van der Waals surface area contributed by atoms with Crippen LogP contribution in [0.15, 0.2) is 47.8 Å². The summed E-state index contributed by atoms with van der Waals surface area (Å²) in [6.45, 7) is 0. The van der Waals surface area contributed by atoms with Crippen molar-refractivity contribution in [2.45, 2.75) is 0 Å². The van der Waals surface area contributed by atoms with Gasteiger partial charge in [0.05, 0.1) is 17.7 Å². The lowest BCUT2D eigenvalue weighted by atomic mass is 10.3. The quantitative estimate of drug-likeness (QED) is 0.796. The number of benzene rings is 1. The van der Waals surface area contributed by atoms with Crippen molar-refractivity contribution in [1.82, 2.24) is 9.78 Å². The van der Waals surface area contributed by atoms with E-state index in [4.69, 9.17) is 10.5 Å². The molecule has 96 valence electrons. The second kappa shape index (κ2) is 4.78. The van der Waals surface area contributed by atoms with Crippen molar-refractivity contribution in [1.29, 1.82) is 0 Å². The molecule has 4 nitrogen and oxygen atoms in total. The van der Waals surface area contributed by atoms with Gasteiger partial charge >= 0.3 is 0 Å². The Morgan fingerprint density at radius 1 is 1.21 bits per heavy atom. The standard InChI is InChI=1S/C14H13N3OS/c1-18-11-7-13(19-9-11)12-8-14(15)17(16-12)10-5-3-2-4-6-10/h2-9H,15H2,1H3. The second-order valence-corrected chi connectivity index (χ2v) is 4.96. The van der Waals surface area contributed by atoms with Crippen LogP contribution in [0, 0.1) is 0 Å². The maximum absolute atomic E-state index is 6.02. The fourth-order valence-corrected chi connectivity index (χ4v) is 2.66. The third-order valence-corrected chi connectivity index (χ3v) is 3.73. The highest BCUT2D eigenvalue weighted by Gasteiger charge is 2.10. The zero-order chi connectivity index (χ0) is 13.2. The molecule has 0 unspecified atom stereocenters. The third-order valence-electron chi connectivity index (χ3n) is 2.80. The van der Waals surface area contributed by atoms with Crippen LogP contribution in [0.4, 0.5) is 5.82 Å². The van der Waals surface area contributed by atoms with Gasteiger partial charge in [-0.3, -0.25) is 0 Å². The summed E-state index contributed by atoms with van der Waals surface area (Å²) in [6, 6.07) is 13.7. The summed E-state index contributed by atoms with van der Waals surface area (Å²) >= 11 is 1.59. The molecule has 0 aliphatic rings. The Kier molecular flexibility index (Phi) is 2.97. The summed E-state index contributed by atoms with van der Waals surface area (Å²) in [6.07, 6.45) is 0. The van der Waals surface area contributed by atoms with E-state index in [-0.39, 0.29) is 0 Å². The van der Waals surface area contributed by atoms with Gasteiger partial charge in [-0.05, 0) is 12.1 Å². The van der Waals surface area contributed by atoms with Crippen molar-refractivity contribution in [3.8, 4) is 22.0 Å². The Morgan fingerprint density at radius 2 is 2.00 bits per heavy atom. The normalized spacial score (nSPS) is 10.6. The van der Waals surface area contributed by atoms with Crippen LogP contribution in [0.25, 0.3) is 16.3 Å². The lowest BCUT2D eigenvalue weighted by Crippen LogP contribution is -2.00. The van der Waals surface area contributed by atoms with Gasteiger partial charge in [0.2, 0.25) is 0 Å². The molecule has 2 heterocycles. The molecule has 5 heteroatoms. The first-order valence-electron chi connectivity index (χ1n) is 5.82. The number of ether oxygens (including phenoxy) is 1. The maximum Gasteiger partial charge on any atom is 0.130 e. The molecule has 3 rings (SSSR count). The number of thiophene rings is 1. The van der Waals surface area contributed by atoms with Crippen LogP contribution in [-0.4, -0.2) is 16.9 Å². The van der Waals surface area contributed by atoms with Crippen LogP contribution in [0.5, 0.6) is 5.75 Å². The number of methoxy groups -OCH3 is 1. The molecule has 0 aliphatic carbocycles. The lowest BCUT2D eigenvalue weighted by molar-refractivity contribution is 0.417. The number of hydrogen-bond acceptors (Lipinski definition) is 4. The van der Waals surface area contributed by atoms with Crippen molar-refractivity contribution >= 4 is 17.2 Å². The second-order valence-electron chi connectivity index (χ2n) is 4.05. The molecular weight excluding hydrogens is 258 g/mol. The summed E-state index contributed by atoms with van der Waals surface area (Å²) in [4.78, 5) is 1.04. The van der Waals surface area contributed by atoms with Crippen LogP contribution in [-0.2, 0) is 0 Å². The molecule has 2 N–H and O–H groups in total. The number of hydrogen-bond donors (Lipinski definition) is 1. The van der Waals surface area contributed by atoms with Crippen LogP contribution in [0.2, 0.25) is 0 Å². The molecule has 0 fully saturated rings. The molecule has 0 saturated heterocycles. The van der Waals surface area contributed by atoms with Crippen molar-refractivity contribution < 1.29 is 4.74 Å². The minimum absolute atomic E-state index is 0.619. The molecule has 2 aromatic heterocycles. The number of nitrogens with two attached hydrogens (primary N) is 1. The van der Waals surface area contributed by atoms with Gasteiger partial charge in [0.25, 0.3) is 0 Å². The van der Waals surface area contributed by atoms with E-state index >= 15 is 0 Å². The average Bonchev–Trinajstić information content (AvgIpc) is 3.06. The summed E-state index contributed by atoms with van der Waals surface area (Å²) in [7, 11) is 1.66. The number of aromatic nitrogens is 2. The Balaban J connectivity index is 2.02. The van der Waals surface area contributed by atoms with Crippen molar-refractivity contribution in [2.75, 3.05) is 12.8 Å². The number of nitrogens with zero attached hydrogens (tertiary/aromatic N) is 2. The van der Waals surface area contributed by atoms with Gasteiger partial charge in [-0.15, -0.1) is 11.3 Å². The van der Waals surface area contributed by atoms with Gasteiger partial charge < -0.3 is 10.5 Å². The van der Waals surface area contributed by atoms with Gasteiger partial charge in [0.1, 0.15) is 17.3 Å². The molecular formula is C14H13N3OS. The summed E-state index contributed by atoms with van der Waals surface area (Å²) in [5.41, 5.74) is 7.83. The van der Waals surface area contributed by atoms with Gasteiger partial charge in [-0.1, -0.05) is 18.2 Å². The van der Waals surface area contributed by atoms with E-state index in [1.54, 1.807) is 23.1 Å². The average molecular weight is 271 g/mol. The van der Waals surface area contributed by atoms with Crippen LogP contribution in [0.3, 0.4) is 0 Å². The predicted octanol–water partition coefficient (Wildman–Crippen LogP) is 3.19. The highest BCUT2D eigenvalue weighted by molar-refractivity contribution is 7.13. The highest BCUT2D eigenvalue weighted by Crippen LogP contribution is 2.31. The largest absolute Gasteiger partial charge is 0.496 e. The molecule has 19 heavy (non-hydrogen) atoms. The first-order chi connectivity index (χ1) is 9.28.